The van der Waals surface area contributed by atoms with Gasteiger partial charge in [-0.25, -0.2) is 4.39 Å². The van der Waals surface area contributed by atoms with Crippen molar-refractivity contribution in [2.24, 2.45) is 5.41 Å². The minimum Gasteiger partial charge on any atom is -0.452 e. The molecule has 9 heteroatoms. The zero-order chi connectivity index (χ0) is 21.8. The van der Waals surface area contributed by atoms with E-state index in [-0.39, 0.29) is 6.61 Å². The van der Waals surface area contributed by atoms with Crippen LogP contribution in [0, 0.1) is 5.41 Å². The average molecular weight is 418 g/mol. The van der Waals surface area contributed by atoms with Crippen LogP contribution in [0.1, 0.15) is 33.3 Å². The maximum Gasteiger partial charge on any atom is 0.315 e. The van der Waals surface area contributed by atoms with Gasteiger partial charge in [0, 0.05) is 6.92 Å². The summed E-state index contributed by atoms with van der Waals surface area (Å²) < 4.78 is 64.2. The maximum atomic E-state index is 14.9. The van der Waals surface area contributed by atoms with E-state index >= 15 is 0 Å². The molecule has 2 rings (SSSR count). The molecule has 0 saturated carbocycles. The third-order valence-corrected chi connectivity index (χ3v) is 4.17. The molecule has 0 N–H and O–H groups in total. The minimum absolute atomic E-state index is 0.0144. The number of rotatable bonds is 6. The van der Waals surface area contributed by atoms with Crippen molar-refractivity contribution < 1.29 is 41.7 Å². The summed E-state index contributed by atoms with van der Waals surface area (Å²) in [6.07, 6.45) is -8.99. The molecule has 1 aromatic carbocycles. The quantitative estimate of drug-likeness (QED) is 0.660. The van der Waals surface area contributed by atoms with Crippen molar-refractivity contribution >= 4 is 11.9 Å². The van der Waals surface area contributed by atoms with Gasteiger partial charge in [0.15, 0.2) is 6.10 Å². The Hall–Kier alpha value is -2.13. The van der Waals surface area contributed by atoms with Gasteiger partial charge >= 0.3 is 17.9 Å². The maximum absolute atomic E-state index is 14.9. The van der Waals surface area contributed by atoms with Gasteiger partial charge in [-0.15, -0.1) is 0 Å². The van der Waals surface area contributed by atoms with E-state index in [0.717, 1.165) is 12.5 Å². The highest BCUT2D eigenvalue weighted by Crippen LogP contribution is 2.39. The van der Waals surface area contributed by atoms with Crippen LogP contribution in [0.25, 0.3) is 0 Å². The van der Waals surface area contributed by atoms with Crippen molar-refractivity contribution in [1.29, 1.82) is 0 Å². The Morgan fingerprint density at radius 2 is 1.76 bits per heavy atom. The number of ether oxygens (including phenoxy) is 4. The SMILES string of the molecule is CC(=O)O[C@H]1O[C@H](COCc2ccccc2)C(F)(F)[C@H](OC(=O)C(C)(C)C)[C@H]1F. The van der Waals surface area contributed by atoms with Gasteiger partial charge in [-0.1, -0.05) is 30.3 Å². The third-order valence-electron chi connectivity index (χ3n) is 4.17. The van der Waals surface area contributed by atoms with Crippen LogP contribution in [-0.4, -0.2) is 49.1 Å². The standard InChI is InChI=1S/C20H25F3O6/c1-12(24)27-17-15(21)16(29-18(25)19(2,3)4)20(22,23)14(28-17)11-26-10-13-8-6-5-7-9-13/h5-9,14-17H,10-11H2,1-4H3/t14-,15-,16-,17+/m1/s1. The first-order valence-corrected chi connectivity index (χ1v) is 9.10. The molecule has 1 aromatic rings. The number of carbonyl (C=O) groups excluding carboxylic acids is 2. The molecule has 6 nitrogen and oxygen atoms in total. The number of esters is 2. The smallest absolute Gasteiger partial charge is 0.315 e. The summed E-state index contributed by atoms with van der Waals surface area (Å²) in [5, 5.41) is 0. The van der Waals surface area contributed by atoms with Crippen molar-refractivity contribution in [3.8, 4) is 0 Å². The number of benzene rings is 1. The van der Waals surface area contributed by atoms with Crippen LogP contribution < -0.4 is 0 Å². The third kappa shape index (κ3) is 5.93. The average Bonchev–Trinajstić information content (AvgIpc) is 2.62. The molecule has 1 heterocycles. The van der Waals surface area contributed by atoms with E-state index in [1.54, 1.807) is 30.3 Å². The van der Waals surface area contributed by atoms with Gasteiger partial charge in [0.1, 0.15) is 0 Å². The fourth-order valence-corrected chi connectivity index (χ4v) is 2.57. The Morgan fingerprint density at radius 1 is 1.14 bits per heavy atom. The summed E-state index contributed by atoms with van der Waals surface area (Å²) in [4.78, 5) is 23.3. The number of hydrogen-bond donors (Lipinski definition) is 0. The minimum atomic E-state index is -3.91. The lowest BCUT2D eigenvalue weighted by molar-refractivity contribution is -0.330. The first kappa shape index (κ1) is 23.2. The van der Waals surface area contributed by atoms with E-state index in [4.69, 9.17) is 14.2 Å². The van der Waals surface area contributed by atoms with E-state index in [1.165, 1.54) is 20.8 Å². The molecule has 4 atom stereocenters. The lowest BCUT2D eigenvalue weighted by Gasteiger charge is -2.42. The molecule has 0 aliphatic carbocycles. The highest BCUT2D eigenvalue weighted by molar-refractivity contribution is 5.75. The molecule has 0 aromatic heterocycles. The molecular formula is C20H25F3O6. The van der Waals surface area contributed by atoms with Gasteiger partial charge < -0.3 is 18.9 Å². The summed E-state index contributed by atoms with van der Waals surface area (Å²) in [6, 6.07) is 8.80. The molecule has 1 aliphatic heterocycles. The van der Waals surface area contributed by atoms with Gasteiger partial charge in [-0.3, -0.25) is 9.59 Å². The molecule has 0 unspecified atom stereocenters. The van der Waals surface area contributed by atoms with Crippen molar-refractivity contribution in [3.05, 3.63) is 35.9 Å². The van der Waals surface area contributed by atoms with Gasteiger partial charge in [0.25, 0.3) is 0 Å². The normalized spacial score (nSPS) is 26.6. The second-order valence-electron chi connectivity index (χ2n) is 7.80. The summed E-state index contributed by atoms with van der Waals surface area (Å²) in [7, 11) is 0. The molecule has 0 amide bonds. The molecule has 0 spiro atoms. The first-order valence-electron chi connectivity index (χ1n) is 9.10. The highest BCUT2D eigenvalue weighted by Gasteiger charge is 2.62. The molecule has 1 saturated heterocycles. The molecule has 0 bridgehead atoms. The lowest BCUT2D eigenvalue weighted by atomic mass is 9.95. The molecule has 1 aliphatic rings. The first-order chi connectivity index (χ1) is 13.4. The number of halogens is 3. The zero-order valence-electron chi connectivity index (χ0n) is 16.7. The van der Waals surface area contributed by atoms with Crippen LogP contribution >= 0.6 is 0 Å². The molecule has 29 heavy (non-hydrogen) atoms. The van der Waals surface area contributed by atoms with Crippen LogP contribution in [0.3, 0.4) is 0 Å². The van der Waals surface area contributed by atoms with Gasteiger partial charge in [0.05, 0.1) is 18.6 Å². The molecule has 162 valence electrons. The summed E-state index contributed by atoms with van der Waals surface area (Å²) in [5.41, 5.74) is -0.396. The van der Waals surface area contributed by atoms with Crippen molar-refractivity contribution in [2.45, 2.75) is 64.9 Å². The fraction of sp³-hybridized carbons (Fsp3) is 0.600. The van der Waals surface area contributed by atoms with E-state index in [9.17, 15) is 22.8 Å². The van der Waals surface area contributed by atoms with E-state index in [2.05, 4.69) is 4.74 Å². The second-order valence-corrected chi connectivity index (χ2v) is 7.80. The Kier molecular flexibility index (Phi) is 7.29. The van der Waals surface area contributed by atoms with E-state index in [0.29, 0.717) is 0 Å². The van der Waals surface area contributed by atoms with Crippen LogP contribution in [0.4, 0.5) is 13.2 Å². The van der Waals surface area contributed by atoms with Crippen LogP contribution in [0.5, 0.6) is 0 Å². The van der Waals surface area contributed by atoms with Crippen molar-refractivity contribution in [1.82, 2.24) is 0 Å². The van der Waals surface area contributed by atoms with Crippen LogP contribution in [-0.2, 0) is 35.1 Å². The fourth-order valence-electron chi connectivity index (χ4n) is 2.57. The Labute approximate surface area is 167 Å². The van der Waals surface area contributed by atoms with Gasteiger partial charge in [-0.2, -0.15) is 8.78 Å². The summed E-state index contributed by atoms with van der Waals surface area (Å²) in [6.45, 7) is 4.72. The predicted molar refractivity (Wildman–Crippen MR) is 95.7 cm³/mol. The number of hydrogen-bond acceptors (Lipinski definition) is 6. The Morgan fingerprint density at radius 3 is 2.31 bits per heavy atom. The molecule has 1 fully saturated rings. The van der Waals surface area contributed by atoms with Crippen LogP contribution in [0.15, 0.2) is 30.3 Å². The summed E-state index contributed by atoms with van der Waals surface area (Å²) >= 11 is 0. The zero-order valence-corrected chi connectivity index (χ0v) is 16.7. The van der Waals surface area contributed by atoms with Gasteiger partial charge in [-0.05, 0) is 26.3 Å². The van der Waals surface area contributed by atoms with Crippen LogP contribution in [0.2, 0.25) is 0 Å². The molecular weight excluding hydrogens is 393 g/mol. The monoisotopic (exact) mass is 418 g/mol. The Balaban J connectivity index is 2.17. The van der Waals surface area contributed by atoms with Crippen molar-refractivity contribution in [3.63, 3.8) is 0 Å². The molecule has 0 radical (unpaired) electrons. The highest BCUT2D eigenvalue weighted by atomic mass is 19.3. The number of alkyl halides is 3. The topological polar surface area (TPSA) is 71.1 Å². The van der Waals surface area contributed by atoms with Gasteiger partial charge in [0.2, 0.25) is 18.6 Å². The predicted octanol–water partition coefficient (Wildman–Crippen LogP) is 3.42. The van der Waals surface area contributed by atoms with E-state index in [1.807, 2.05) is 0 Å². The Bertz CT molecular complexity index is 704. The second kappa shape index (κ2) is 9.13. The van der Waals surface area contributed by atoms with E-state index < -0.39 is 54.6 Å². The largest absolute Gasteiger partial charge is 0.452 e. The summed E-state index contributed by atoms with van der Waals surface area (Å²) in [5.74, 6) is -5.85. The lowest BCUT2D eigenvalue weighted by Crippen LogP contribution is -2.63. The van der Waals surface area contributed by atoms with Crippen molar-refractivity contribution in [2.75, 3.05) is 6.61 Å². The number of carbonyl (C=O) groups is 2.